The molecule has 3 rings (SSSR count). The minimum atomic E-state index is -0.744. The van der Waals surface area contributed by atoms with Gasteiger partial charge in [0.1, 0.15) is 17.1 Å². The molecule has 0 heterocycles. The standard InChI is InChI=1S/C21H22N2O6/c1-27-16-7-4-8-17(28-2)19(16)21(26)29-12-18(24)22-15-6-3-5-13(11-15)20(25)23-14-9-10-14/h3-8,11,14H,9-10,12H2,1-2H3,(H,22,24)(H,23,25). The van der Waals surface area contributed by atoms with E-state index >= 15 is 0 Å². The van der Waals surface area contributed by atoms with E-state index in [1.54, 1.807) is 42.5 Å². The molecule has 1 aliphatic rings. The van der Waals surface area contributed by atoms with Crippen LogP contribution in [0.25, 0.3) is 0 Å². The molecule has 0 aliphatic heterocycles. The molecule has 29 heavy (non-hydrogen) atoms. The molecule has 1 saturated carbocycles. The minimum absolute atomic E-state index is 0.101. The maximum Gasteiger partial charge on any atom is 0.346 e. The number of anilines is 1. The van der Waals surface area contributed by atoms with Gasteiger partial charge in [0.25, 0.3) is 11.8 Å². The van der Waals surface area contributed by atoms with Crippen LogP contribution in [0.1, 0.15) is 33.6 Å². The Hall–Kier alpha value is -3.55. The average Bonchev–Trinajstić information content (AvgIpc) is 3.55. The van der Waals surface area contributed by atoms with Crippen molar-refractivity contribution in [2.75, 3.05) is 26.1 Å². The number of methoxy groups -OCH3 is 2. The molecule has 0 aromatic heterocycles. The van der Waals surface area contributed by atoms with Gasteiger partial charge in [-0.3, -0.25) is 9.59 Å². The van der Waals surface area contributed by atoms with Crippen molar-refractivity contribution in [1.29, 1.82) is 0 Å². The van der Waals surface area contributed by atoms with Crippen LogP contribution in [0.4, 0.5) is 5.69 Å². The molecule has 0 atom stereocenters. The highest BCUT2D eigenvalue weighted by molar-refractivity contribution is 6.00. The monoisotopic (exact) mass is 398 g/mol. The molecule has 2 aromatic carbocycles. The number of carbonyl (C=O) groups excluding carboxylic acids is 3. The topological polar surface area (TPSA) is 103 Å². The first-order chi connectivity index (χ1) is 14.0. The van der Waals surface area contributed by atoms with Crippen LogP contribution in [-0.4, -0.2) is 44.7 Å². The van der Waals surface area contributed by atoms with E-state index < -0.39 is 18.5 Å². The van der Waals surface area contributed by atoms with E-state index in [-0.39, 0.29) is 29.0 Å². The number of amides is 2. The summed E-state index contributed by atoms with van der Waals surface area (Å²) in [6, 6.07) is 11.7. The van der Waals surface area contributed by atoms with Crippen LogP contribution in [-0.2, 0) is 9.53 Å². The van der Waals surface area contributed by atoms with Crippen molar-refractivity contribution in [3.63, 3.8) is 0 Å². The van der Waals surface area contributed by atoms with Crippen molar-refractivity contribution >= 4 is 23.5 Å². The molecule has 2 N–H and O–H groups in total. The van der Waals surface area contributed by atoms with Gasteiger partial charge in [0.15, 0.2) is 6.61 Å². The van der Waals surface area contributed by atoms with Crippen LogP contribution >= 0.6 is 0 Å². The van der Waals surface area contributed by atoms with Crippen molar-refractivity contribution in [3.05, 3.63) is 53.6 Å². The second-order valence-electron chi connectivity index (χ2n) is 6.49. The van der Waals surface area contributed by atoms with Crippen LogP contribution < -0.4 is 20.1 Å². The summed E-state index contributed by atoms with van der Waals surface area (Å²) in [7, 11) is 2.84. The number of benzene rings is 2. The smallest absolute Gasteiger partial charge is 0.346 e. The molecule has 0 radical (unpaired) electrons. The van der Waals surface area contributed by atoms with Gasteiger partial charge in [0.05, 0.1) is 14.2 Å². The molecule has 152 valence electrons. The summed E-state index contributed by atoms with van der Waals surface area (Å²) in [6.45, 7) is -0.501. The molecule has 8 heteroatoms. The average molecular weight is 398 g/mol. The zero-order valence-electron chi connectivity index (χ0n) is 16.2. The summed E-state index contributed by atoms with van der Waals surface area (Å²) in [4.78, 5) is 36.7. The fourth-order valence-corrected chi connectivity index (χ4v) is 2.69. The van der Waals surface area contributed by atoms with Gasteiger partial charge in [-0.15, -0.1) is 0 Å². The zero-order chi connectivity index (χ0) is 20.8. The molecule has 2 amide bonds. The van der Waals surface area contributed by atoms with E-state index in [4.69, 9.17) is 14.2 Å². The molecule has 0 unspecified atom stereocenters. The van der Waals surface area contributed by atoms with E-state index in [0.717, 1.165) is 12.8 Å². The number of carbonyl (C=O) groups is 3. The third kappa shape index (κ3) is 5.25. The van der Waals surface area contributed by atoms with Crippen molar-refractivity contribution in [1.82, 2.24) is 5.32 Å². The van der Waals surface area contributed by atoms with E-state index in [1.807, 2.05) is 0 Å². The third-order valence-electron chi connectivity index (χ3n) is 4.29. The molecule has 0 saturated heterocycles. The Morgan fingerprint density at radius 1 is 1.00 bits per heavy atom. The van der Waals surface area contributed by atoms with Gasteiger partial charge < -0.3 is 24.8 Å². The number of hydrogen-bond donors (Lipinski definition) is 2. The Labute approximate surface area is 168 Å². The highest BCUT2D eigenvalue weighted by Gasteiger charge is 2.24. The van der Waals surface area contributed by atoms with Gasteiger partial charge in [0, 0.05) is 17.3 Å². The normalized spacial score (nSPS) is 12.6. The predicted octanol–water partition coefficient (Wildman–Crippen LogP) is 2.39. The SMILES string of the molecule is COc1cccc(OC)c1C(=O)OCC(=O)Nc1cccc(C(=O)NC2CC2)c1. The van der Waals surface area contributed by atoms with E-state index in [2.05, 4.69) is 10.6 Å². The molecule has 1 aliphatic carbocycles. The number of hydrogen-bond acceptors (Lipinski definition) is 6. The van der Waals surface area contributed by atoms with Crippen molar-refractivity contribution < 1.29 is 28.6 Å². The number of esters is 1. The molecular formula is C21H22N2O6. The first kappa shape index (κ1) is 20.2. The molecule has 0 spiro atoms. The van der Waals surface area contributed by atoms with E-state index in [0.29, 0.717) is 11.3 Å². The third-order valence-corrected chi connectivity index (χ3v) is 4.29. The summed E-state index contributed by atoms with van der Waals surface area (Å²) in [5.41, 5.74) is 0.985. The number of ether oxygens (including phenoxy) is 3. The molecule has 0 bridgehead atoms. The van der Waals surface area contributed by atoms with Gasteiger partial charge in [-0.2, -0.15) is 0 Å². The lowest BCUT2D eigenvalue weighted by Crippen LogP contribution is -2.25. The van der Waals surface area contributed by atoms with Crippen LogP contribution in [0.2, 0.25) is 0 Å². The molecule has 8 nitrogen and oxygen atoms in total. The molecular weight excluding hydrogens is 376 g/mol. The predicted molar refractivity (Wildman–Crippen MR) is 105 cm³/mol. The highest BCUT2D eigenvalue weighted by Crippen LogP contribution is 2.28. The highest BCUT2D eigenvalue weighted by atomic mass is 16.5. The Morgan fingerprint density at radius 2 is 1.66 bits per heavy atom. The second-order valence-corrected chi connectivity index (χ2v) is 6.49. The van der Waals surface area contributed by atoms with Crippen molar-refractivity contribution in [3.8, 4) is 11.5 Å². The van der Waals surface area contributed by atoms with Crippen molar-refractivity contribution in [2.45, 2.75) is 18.9 Å². The lowest BCUT2D eigenvalue weighted by atomic mass is 10.2. The summed E-state index contributed by atoms with van der Waals surface area (Å²) in [5, 5.41) is 5.50. The Balaban J connectivity index is 1.59. The Bertz CT molecular complexity index is 901. The number of rotatable bonds is 8. The summed E-state index contributed by atoms with van der Waals surface area (Å²) in [5.74, 6) is -0.898. The lowest BCUT2D eigenvalue weighted by Gasteiger charge is -2.12. The molecule has 2 aromatic rings. The van der Waals surface area contributed by atoms with Crippen LogP contribution in [0.3, 0.4) is 0 Å². The Kier molecular flexibility index (Phi) is 6.33. The Morgan fingerprint density at radius 3 is 2.28 bits per heavy atom. The van der Waals surface area contributed by atoms with E-state index in [1.165, 1.54) is 14.2 Å². The van der Waals surface area contributed by atoms with Gasteiger partial charge in [0.2, 0.25) is 0 Å². The van der Waals surface area contributed by atoms with Crippen LogP contribution in [0.15, 0.2) is 42.5 Å². The summed E-state index contributed by atoms with van der Waals surface area (Å²) < 4.78 is 15.4. The maximum atomic E-state index is 12.4. The largest absolute Gasteiger partial charge is 0.496 e. The first-order valence-corrected chi connectivity index (χ1v) is 9.10. The maximum absolute atomic E-state index is 12.4. The fourth-order valence-electron chi connectivity index (χ4n) is 2.69. The van der Waals surface area contributed by atoms with E-state index in [9.17, 15) is 14.4 Å². The van der Waals surface area contributed by atoms with Crippen LogP contribution in [0.5, 0.6) is 11.5 Å². The van der Waals surface area contributed by atoms with Gasteiger partial charge in [-0.1, -0.05) is 12.1 Å². The quantitative estimate of drug-likeness (QED) is 0.662. The van der Waals surface area contributed by atoms with Gasteiger partial charge in [-0.05, 0) is 43.2 Å². The van der Waals surface area contributed by atoms with Crippen LogP contribution in [0, 0.1) is 0 Å². The first-order valence-electron chi connectivity index (χ1n) is 9.10. The molecule has 1 fully saturated rings. The summed E-state index contributed by atoms with van der Waals surface area (Å²) in [6.07, 6.45) is 1.98. The second kappa shape index (κ2) is 9.09. The zero-order valence-corrected chi connectivity index (χ0v) is 16.2. The minimum Gasteiger partial charge on any atom is -0.496 e. The van der Waals surface area contributed by atoms with Gasteiger partial charge in [-0.25, -0.2) is 4.79 Å². The fraction of sp³-hybridized carbons (Fsp3) is 0.286. The summed E-state index contributed by atoms with van der Waals surface area (Å²) >= 11 is 0. The van der Waals surface area contributed by atoms with Gasteiger partial charge >= 0.3 is 5.97 Å². The number of nitrogens with one attached hydrogen (secondary N) is 2. The van der Waals surface area contributed by atoms with Crippen molar-refractivity contribution in [2.24, 2.45) is 0 Å². The lowest BCUT2D eigenvalue weighted by molar-refractivity contribution is -0.119.